The lowest BCUT2D eigenvalue weighted by Crippen LogP contribution is -2.74. The number of aryl methyl sites for hydroxylation is 1. The molecule has 2 aliphatic heterocycles. The molecule has 0 radical (unpaired) electrons. The van der Waals surface area contributed by atoms with Gasteiger partial charge in [0.15, 0.2) is 0 Å². The van der Waals surface area contributed by atoms with Gasteiger partial charge in [-0.25, -0.2) is 20.2 Å². The average Bonchev–Trinajstić information content (AvgIpc) is 3.48. The highest BCUT2D eigenvalue weighted by molar-refractivity contribution is 6.01. The summed E-state index contributed by atoms with van der Waals surface area (Å²) in [5, 5.41) is 18.3. The molecule has 0 saturated carbocycles. The lowest BCUT2D eigenvalue weighted by molar-refractivity contribution is -0.168. The van der Waals surface area contributed by atoms with Crippen molar-refractivity contribution < 1.29 is 24.2 Å². The van der Waals surface area contributed by atoms with Crippen molar-refractivity contribution in [1.29, 1.82) is 0 Å². The number of aromatic hydroxyl groups is 1. The summed E-state index contributed by atoms with van der Waals surface area (Å²) >= 11 is 0. The predicted octanol–water partition coefficient (Wildman–Crippen LogP) is 4.71. The third-order valence-corrected chi connectivity index (χ3v) is 9.43. The van der Waals surface area contributed by atoms with Crippen molar-refractivity contribution in [2.45, 2.75) is 25.2 Å². The van der Waals surface area contributed by atoms with E-state index in [1.165, 1.54) is 13.3 Å². The number of carbonyl (C=O) groups is 3. The third kappa shape index (κ3) is 7.04. The number of ether oxygens (including phenoxy) is 1. The number of nitrogens with one attached hydrogen (secondary N) is 3. The van der Waals surface area contributed by atoms with E-state index in [0.717, 1.165) is 33.2 Å². The minimum atomic E-state index is -0.709. The van der Waals surface area contributed by atoms with Gasteiger partial charge in [0, 0.05) is 55.5 Å². The van der Waals surface area contributed by atoms with Crippen LogP contribution in [0.5, 0.6) is 11.6 Å². The van der Waals surface area contributed by atoms with Crippen LogP contribution in [-0.2, 0) is 29.6 Å². The van der Waals surface area contributed by atoms with Crippen LogP contribution in [0, 0.1) is 0 Å². The van der Waals surface area contributed by atoms with Gasteiger partial charge in [0.1, 0.15) is 18.0 Å². The molecule has 4 N–H and O–H groups in total. The molecule has 0 aliphatic carbocycles. The number of rotatable bonds is 10. The van der Waals surface area contributed by atoms with Crippen LogP contribution in [0.3, 0.4) is 0 Å². The van der Waals surface area contributed by atoms with Crippen LogP contribution in [0.4, 0.5) is 16.2 Å². The first-order valence-corrected chi connectivity index (χ1v) is 17.0. The molecular weight excluding hydrogens is 660 g/mol. The van der Waals surface area contributed by atoms with Gasteiger partial charge in [-0.1, -0.05) is 48.5 Å². The molecule has 0 unspecified atom stereocenters. The lowest BCUT2D eigenvalue weighted by atomic mass is 9.98. The van der Waals surface area contributed by atoms with Gasteiger partial charge < -0.3 is 34.8 Å². The first kappa shape index (κ1) is 34.3. The minimum absolute atomic E-state index is 0.118. The maximum Gasteiger partial charge on any atom is 0.323 e. The number of hydrazine groups is 1. The van der Waals surface area contributed by atoms with Crippen LogP contribution < -0.4 is 20.8 Å². The number of aromatic nitrogens is 2. The van der Waals surface area contributed by atoms with Crippen LogP contribution >= 0.6 is 0 Å². The Bertz CT molecular complexity index is 2110. The highest BCUT2D eigenvalue weighted by atomic mass is 16.5. The molecule has 52 heavy (non-hydrogen) atoms. The number of fused-ring (bicyclic) bond motifs is 2. The normalized spacial score (nSPS) is 17.6. The quantitative estimate of drug-likeness (QED) is 0.154. The number of urea groups is 1. The maximum atomic E-state index is 14.3. The monoisotopic (exact) mass is 700 g/mol. The summed E-state index contributed by atoms with van der Waals surface area (Å²) in [4.78, 5) is 48.0. The van der Waals surface area contributed by atoms with E-state index in [9.17, 15) is 19.5 Å². The molecule has 0 spiro atoms. The Morgan fingerprint density at radius 3 is 2.50 bits per heavy atom. The maximum absolute atomic E-state index is 14.3. The van der Waals surface area contributed by atoms with E-state index >= 15 is 0 Å². The fourth-order valence-corrected chi connectivity index (χ4v) is 7.06. The zero-order chi connectivity index (χ0) is 36.4. The second-order valence-corrected chi connectivity index (χ2v) is 12.9. The smallest absolute Gasteiger partial charge is 0.323 e. The number of piperazine rings is 1. The first-order chi connectivity index (χ1) is 25.2. The number of amides is 4. The number of phenolic OH excluding ortho intramolecular Hbond substituents is 1. The number of pyridine rings is 1. The van der Waals surface area contributed by atoms with E-state index < -0.39 is 18.2 Å². The van der Waals surface area contributed by atoms with Gasteiger partial charge in [-0.15, -0.1) is 6.58 Å². The number of hydrogen-bond acceptors (Lipinski definition) is 8. The fourth-order valence-electron chi connectivity index (χ4n) is 7.06. The summed E-state index contributed by atoms with van der Waals surface area (Å²) in [6, 6.07) is 22.8. The number of carbonyl (C=O) groups excluding carboxylic acids is 3. The zero-order valence-electron chi connectivity index (χ0n) is 29.0. The summed E-state index contributed by atoms with van der Waals surface area (Å²) in [5.74, 6) is 0.355. The van der Waals surface area contributed by atoms with E-state index in [0.29, 0.717) is 43.3 Å². The molecule has 2 saturated heterocycles. The summed E-state index contributed by atoms with van der Waals surface area (Å²) < 4.78 is 7.14. The number of benzene rings is 3. The Labute approximate surface area is 301 Å². The molecule has 2 fully saturated rings. The highest BCUT2D eigenvalue weighted by Crippen LogP contribution is 2.34. The van der Waals surface area contributed by atoms with Gasteiger partial charge in [0.2, 0.25) is 17.7 Å². The van der Waals surface area contributed by atoms with Crippen molar-refractivity contribution in [2.24, 2.45) is 7.05 Å². The molecule has 7 rings (SSSR count). The van der Waals surface area contributed by atoms with Crippen LogP contribution in [0.15, 0.2) is 104 Å². The minimum Gasteiger partial charge on any atom is -0.508 e. The summed E-state index contributed by atoms with van der Waals surface area (Å²) in [6.07, 6.45) is 5.25. The summed E-state index contributed by atoms with van der Waals surface area (Å²) in [6.45, 7) is 5.11. The van der Waals surface area contributed by atoms with E-state index in [-0.39, 0.29) is 24.1 Å². The molecule has 2 aliphatic rings. The van der Waals surface area contributed by atoms with Crippen molar-refractivity contribution in [1.82, 2.24) is 29.8 Å². The van der Waals surface area contributed by atoms with Crippen molar-refractivity contribution >= 4 is 40.1 Å². The molecular formula is C39H40N8O5. The number of phenols is 1. The Morgan fingerprint density at radius 1 is 1.04 bits per heavy atom. The van der Waals surface area contributed by atoms with Crippen molar-refractivity contribution in [3.63, 3.8) is 0 Å². The molecule has 266 valence electrons. The van der Waals surface area contributed by atoms with Crippen molar-refractivity contribution in [3.8, 4) is 22.8 Å². The van der Waals surface area contributed by atoms with Gasteiger partial charge in [0.25, 0.3) is 0 Å². The second kappa shape index (κ2) is 14.6. The summed E-state index contributed by atoms with van der Waals surface area (Å²) in [7, 11) is 3.52. The molecule has 2 atom stereocenters. The zero-order valence-corrected chi connectivity index (χ0v) is 29.0. The van der Waals surface area contributed by atoms with Crippen LogP contribution in [0.25, 0.3) is 22.0 Å². The SMILES string of the molecule is C=CCN1CC(=O)N2[C@H](CN(Cc3cccc4c(-c5ccc(NC(=O)Nc6ccc(OC)nc6)cc5)cn(C)c34)C(=O)[C@@H]2Cc2ccc(O)cc2)N1. The Morgan fingerprint density at radius 2 is 1.79 bits per heavy atom. The van der Waals surface area contributed by atoms with E-state index in [1.807, 2.05) is 53.4 Å². The molecule has 3 aromatic carbocycles. The van der Waals surface area contributed by atoms with Gasteiger partial charge >= 0.3 is 6.03 Å². The van der Waals surface area contributed by atoms with E-state index in [2.05, 4.69) is 44.5 Å². The average molecular weight is 701 g/mol. The molecule has 4 heterocycles. The first-order valence-electron chi connectivity index (χ1n) is 17.0. The highest BCUT2D eigenvalue weighted by Gasteiger charge is 2.46. The third-order valence-electron chi connectivity index (χ3n) is 9.43. The number of para-hydroxylation sites is 1. The molecule has 5 aromatic rings. The van der Waals surface area contributed by atoms with Crippen molar-refractivity contribution in [3.05, 3.63) is 115 Å². The fraction of sp³-hybridized carbons (Fsp3) is 0.231. The number of nitrogens with zero attached hydrogens (tertiary/aromatic N) is 5. The van der Waals surface area contributed by atoms with Crippen LogP contribution in [0.2, 0.25) is 0 Å². The van der Waals surface area contributed by atoms with E-state index in [4.69, 9.17) is 4.74 Å². The van der Waals surface area contributed by atoms with Gasteiger partial charge in [-0.3, -0.25) is 9.59 Å². The van der Waals surface area contributed by atoms with Crippen molar-refractivity contribution in [2.75, 3.05) is 37.4 Å². The molecule has 13 heteroatoms. The standard InChI is InChI=1S/C39H40N8O5/c1-4-18-46-24-36(49)47-33(19-25-8-15-30(48)16-9-25)38(50)45(23-34(47)43-46)21-27-6-5-7-31-32(22-44(2)37(27)31)26-10-12-28(13-11-26)41-39(51)42-29-14-17-35(52-3)40-20-29/h4-17,20,22,33-34,43,48H,1,18-19,21,23-24H2,2-3H3,(H2,41,42,51)/t33-,34+/m0/s1. The number of anilines is 2. The van der Waals surface area contributed by atoms with E-state index in [1.54, 1.807) is 47.4 Å². The molecule has 0 bridgehead atoms. The molecule has 2 aromatic heterocycles. The summed E-state index contributed by atoms with van der Waals surface area (Å²) in [5.41, 5.74) is 9.42. The van der Waals surface area contributed by atoms with Gasteiger partial charge in [-0.05, 0) is 47.0 Å². The molecule has 4 amide bonds. The predicted molar refractivity (Wildman–Crippen MR) is 198 cm³/mol. The van der Waals surface area contributed by atoms with Gasteiger partial charge in [-0.2, -0.15) is 0 Å². The number of hydrogen-bond donors (Lipinski definition) is 4. The second-order valence-electron chi connectivity index (χ2n) is 12.9. The number of methoxy groups -OCH3 is 1. The van der Waals surface area contributed by atoms with Crippen LogP contribution in [-0.4, -0.2) is 86.3 Å². The van der Waals surface area contributed by atoms with Crippen LogP contribution in [0.1, 0.15) is 11.1 Å². The Hall–Kier alpha value is -6.18. The largest absolute Gasteiger partial charge is 0.508 e. The van der Waals surface area contributed by atoms with Gasteiger partial charge in [0.05, 0.1) is 37.6 Å². The topological polar surface area (TPSA) is 144 Å². The Kier molecular flexibility index (Phi) is 9.61. The molecule has 13 nitrogen and oxygen atoms in total. The Balaban J connectivity index is 1.11. The lowest BCUT2D eigenvalue weighted by Gasteiger charge is -2.50.